The quantitative estimate of drug-likeness (QED) is 0.778. The summed E-state index contributed by atoms with van der Waals surface area (Å²) in [6, 6.07) is 1.36. The van der Waals surface area contributed by atoms with Gasteiger partial charge in [0.25, 0.3) is 5.91 Å². The smallest absolute Gasteiger partial charge is 0.256 e. The monoisotopic (exact) mass is 263 g/mol. The second kappa shape index (κ2) is 7.09. The van der Waals surface area contributed by atoms with Crippen LogP contribution in [0.4, 0.5) is 0 Å². The number of carbonyl (C=O) groups is 1. The largest absolute Gasteiger partial charge is 0.367 e. The lowest BCUT2D eigenvalue weighted by Gasteiger charge is -2.26. The molecule has 1 aliphatic rings. The summed E-state index contributed by atoms with van der Waals surface area (Å²) in [6.07, 6.45) is 7.80. The molecule has 1 aromatic heterocycles. The molecular weight excluding hydrogens is 242 g/mol. The lowest BCUT2D eigenvalue weighted by Crippen LogP contribution is -2.34. The van der Waals surface area contributed by atoms with Crippen LogP contribution in [0.15, 0.2) is 23.3 Å². The third-order valence-corrected chi connectivity index (χ3v) is 3.45. The van der Waals surface area contributed by atoms with E-state index in [1.807, 2.05) is 0 Å². The van der Waals surface area contributed by atoms with Crippen molar-refractivity contribution in [1.82, 2.24) is 15.2 Å². The van der Waals surface area contributed by atoms with Crippen molar-refractivity contribution in [3.05, 3.63) is 34.2 Å². The molecule has 0 aromatic carbocycles. The normalized spacial score (nSPS) is 16.2. The van der Waals surface area contributed by atoms with Crippen LogP contribution in [-0.2, 0) is 0 Å². The number of H-pyrrole nitrogens is 1. The molecule has 0 spiro atoms. The van der Waals surface area contributed by atoms with Crippen LogP contribution < -0.4 is 10.7 Å². The molecule has 19 heavy (non-hydrogen) atoms. The van der Waals surface area contributed by atoms with Crippen molar-refractivity contribution in [2.45, 2.75) is 25.7 Å². The second-order valence-corrected chi connectivity index (χ2v) is 4.93. The molecular formula is C14H21N3O2. The first kappa shape index (κ1) is 13.8. The molecule has 104 valence electrons. The van der Waals surface area contributed by atoms with E-state index in [1.165, 1.54) is 50.8 Å². The molecule has 2 N–H and O–H groups in total. The molecule has 0 radical (unpaired) electrons. The van der Waals surface area contributed by atoms with Crippen LogP contribution in [-0.4, -0.2) is 42.0 Å². The molecule has 0 aliphatic carbocycles. The van der Waals surface area contributed by atoms with Crippen molar-refractivity contribution in [3.8, 4) is 0 Å². The van der Waals surface area contributed by atoms with Gasteiger partial charge in [-0.3, -0.25) is 9.59 Å². The zero-order chi connectivity index (χ0) is 13.5. The minimum Gasteiger partial charge on any atom is -0.367 e. The number of hydrogen-bond acceptors (Lipinski definition) is 3. The molecule has 0 atom stereocenters. The minimum atomic E-state index is -0.291. The van der Waals surface area contributed by atoms with E-state index in [0.717, 1.165) is 13.0 Å². The van der Waals surface area contributed by atoms with Gasteiger partial charge in [-0.25, -0.2) is 0 Å². The lowest BCUT2D eigenvalue weighted by molar-refractivity contribution is 0.0949. The van der Waals surface area contributed by atoms with Crippen LogP contribution in [0.1, 0.15) is 36.0 Å². The van der Waals surface area contributed by atoms with Crippen LogP contribution in [0.3, 0.4) is 0 Å². The molecule has 5 heteroatoms. The first-order valence-electron chi connectivity index (χ1n) is 6.95. The van der Waals surface area contributed by atoms with E-state index in [0.29, 0.717) is 6.54 Å². The Bertz CT molecular complexity index is 464. The first-order valence-corrected chi connectivity index (χ1v) is 6.95. The molecule has 1 aromatic rings. The van der Waals surface area contributed by atoms with Gasteiger partial charge in [0.15, 0.2) is 5.43 Å². The summed E-state index contributed by atoms with van der Waals surface area (Å²) < 4.78 is 0. The second-order valence-electron chi connectivity index (χ2n) is 4.93. The molecule has 1 amide bonds. The van der Waals surface area contributed by atoms with Crippen molar-refractivity contribution < 1.29 is 4.79 Å². The number of aromatic nitrogens is 1. The SMILES string of the molecule is O=C(NCCCN1CCCCC1)c1c[nH]ccc1=O. The Balaban J connectivity index is 1.69. The molecule has 1 fully saturated rings. The molecule has 0 bridgehead atoms. The van der Waals surface area contributed by atoms with Gasteiger partial charge in [0.1, 0.15) is 5.56 Å². The van der Waals surface area contributed by atoms with E-state index in [2.05, 4.69) is 15.2 Å². The van der Waals surface area contributed by atoms with E-state index in [9.17, 15) is 9.59 Å². The number of amides is 1. The highest BCUT2D eigenvalue weighted by molar-refractivity contribution is 5.93. The number of piperidine rings is 1. The Labute approximate surface area is 113 Å². The highest BCUT2D eigenvalue weighted by Gasteiger charge is 2.11. The number of likely N-dealkylation sites (tertiary alicyclic amines) is 1. The van der Waals surface area contributed by atoms with E-state index < -0.39 is 0 Å². The maximum atomic E-state index is 11.8. The van der Waals surface area contributed by atoms with Gasteiger partial charge in [0, 0.05) is 25.0 Å². The predicted octanol–water partition coefficient (Wildman–Crippen LogP) is 0.981. The third kappa shape index (κ3) is 4.21. The molecule has 2 rings (SSSR count). The minimum absolute atomic E-state index is 0.181. The molecule has 1 saturated heterocycles. The predicted molar refractivity (Wildman–Crippen MR) is 74.3 cm³/mol. The summed E-state index contributed by atoms with van der Waals surface area (Å²) in [6.45, 7) is 3.98. The van der Waals surface area contributed by atoms with Crippen LogP contribution in [0.25, 0.3) is 0 Å². The number of carbonyl (C=O) groups excluding carboxylic acids is 1. The average Bonchev–Trinajstić information content (AvgIpc) is 2.45. The number of pyridine rings is 1. The fourth-order valence-corrected chi connectivity index (χ4v) is 2.38. The topological polar surface area (TPSA) is 65.2 Å². The zero-order valence-electron chi connectivity index (χ0n) is 11.2. The van der Waals surface area contributed by atoms with E-state index in [1.54, 1.807) is 0 Å². The van der Waals surface area contributed by atoms with Gasteiger partial charge in [-0.1, -0.05) is 6.42 Å². The summed E-state index contributed by atoms with van der Waals surface area (Å²) in [5.41, 5.74) is -0.0623. The molecule has 2 heterocycles. The molecule has 5 nitrogen and oxygen atoms in total. The highest BCUT2D eigenvalue weighted by atomic mass is 16.2. The van der Waals surface area contributed by atoms with E-state index >= 15 is 0 Å². The Morgan fingerprint density at radius 2 is 2.11 bits per heavy atom. The fourth-order valence-electron chi connectivity index (χ4n) is 2.38. The van der Waals surface area contributed by atoms with E-state index in [4.69, 9.17) is 0 Å². The van der Waals surface area contributed by atoms with E-state index in [-0.39, 0.29) is 16.9 Å². The van der Waals surface area contributed by atoms with Crippen LogP contribution in [0, 0.1) is 0 Å². The summed E-state index contributed by atoms with van der Waals surface area (Å²) in [5.74, 6) is -0.291. The van der Waals surface area contributed by atoms with Crippen LogP contribution in [0.5, 0.6) is 0 Å². The third-order valence-electron chi connectivity index (χ3n) is 3.45. The molecule has 0 saturated carbocycles. The van der Waals surface area contributed by atoms with Crippen molar-refractivity contribution in [2.24, 2.45) is 0 Å². The van der Waals surface area contributed by atoms with Gasteiger partial charge in [0.05, 0.1) is 0 Å². The van der Waals surface area contributed by atoms with Crippen molar-refractivity contribution >= 4 is 5.91 Å². The van der Waals surface area contributed by atoms with Crippen LogP contribution in [0.2, 0.25) is 0 Å². The number of nitrogens with zero attached hydrogens (tertiary/aromatic N) is 1. The Morgan fingerprint density at radius 1 is 1.32 bits per heavy atom. The summed E-state index contributed by atoms with van der Waals surface area (Å²) in [4.78, 5) is 28.4. The average molecular weight is 263 g/mol. The Kier molecular flexibility index (Phi) is 5.15. The number of nitrogens with one attached hydrogen (secondary N) is 2. The summed E-state index contributed by atoms with van der Waals surface area (Å²) in [7, 11) is 0. The van der Waals surface area contributed by atoms with Gasteiger partial charge in [-0.05, 0) is 38.9 Å². The summed E-state index contributed by atoms with van der Waals surface area (Å²) >= 11 is 0. The maximum absolute atomic E-state index is 11.8. The van der Waals surface area contributed by atoms with Gasteiger partial charge in [0.2, 0.25) is 0 Å². The molecule has 0 unspecified atom stereocenters. The lowest BCUT2D eigenvalue weighted by atomic mass is 10.1. The Hall–Kier alpha value is -1.62. The van der Waals surface area contributed by atoms with Gasteiger partial charge in [-0.2, -0.15) is 0 Å². The molecule has 1 aliphatic heterocycles. The van der Waals surface area contributed by atoms with Crippen molar-refractivity contribution in [3.63, 3.8) is 0 Å². The van der Waals surface area contributed by atoms with Crippen LogP contribution >= 0.6 is 0 Å². The first-order chi connectivity index (χ1) is 9.27. The fraction of sp³-hybridized carbons (Fsp3) is 0.571. The zero-order valence-corrected chi connectivity index (χ0v) is 11.2. The summed E-state index contributed by atoms with van der Waals surface area (Å²) in [5, 5.41) is 2.79. The van der Waals surface area contributed by atoms with Gasteiger partial charge < -0.3 is 15.2 Å². The van der Waals surface area contributed by atoms with Crippen molar-refractivity contribution in [2.75, 3.05) is 26.2 Å². The van der Waals surface area contributed by atoms with Gasteiger partial charge >= 0.3 is 0 Å². The van der Waals surface area contributed by atoms with Gasteiger partial charge in [-0.15, -0.1) is 0 Å². The number of rotatable bonds is 5. The number of aromatic amines is 1. The maximum Gasteiger partial charge on any atom is 0.256 e. The highest BCUT2D eigenvalue weighted by Crippen LogP contribution is 2.08. The van der Waals surface area contributed by atoms with Crippen molar-refractivity contribution in [1.29, 1.82) is 0 Å². The number of hydrogen-bond donors (Lipinski definition) is 2. The standard InChI is InChI=1S/C14H21N3O2/c18-13-5-7-15-11-12(13)14(19)16-6-4-10-17-8-2-1-3-9-17/h5,7,11H,1-4,6,8-10H2,(H,15,18)(H,16,19). The Morgan fingerprint density at radius 3 is 2.84 bits per heavy atom.